The van der Waals surface area contributed by atoms with Crippen LogP contribution in [0.1, 0.15) is 16.8 Å². The van der Waals surface area contributed by atoms with Crippen LogP contribution in [-0.2, 0) is 4.74 Å². The number of halogens is 1. The van der Waals surface area contributed by atoms with Crippen LogP contribution in [0.2, 0.25) is 5.15 Å². The van der Waals surface area contributed by atoms with Crippen molar-refractivity contribution in [3.8, 4) is 0 Å². The van der Waals surface area contributed by atoms with Crippen molar-refractivity contribution >= 4 is 24.1 Å². The van der Waals surface area contributed by atoms with Gasteiger partial charge in [0.05, 0.1) is 13.2 Å². The maximum atomic E-state index is 10.1. The Morgan fingerprint density at radius 1 is 1.47 bits per heavy atom. The second kappa shape index (κ2) is 9.61. The van der Waals surface area contributed by atoms with Crippen LogP contribution in [0.25, 0.3) is 0 Å². The van der Waals surface area contributed by atoms with E-state index in [9.17, 15) is 4.79 Å². The predicted octanol–water partition coefficient (Wildman–Crippen LogP) is 1.91. The lowest BCUT2D eigenvalue weighted by atomic mass is 10.3. The number of hydrogen-bond donors (Lipinski definition) is 1. The molecule has 0 aliphatic carbocycles. The van der Waals surface area contributed by atoms with Crippen molar-refractivity contribution in [3.63, 3.8) is 0 Å². The molecule has 1 aromatic heterocycles. The molecule has 6 heteroatoms. The summed E-state index contributed by atoms with van der Waals surface area (Å²) in [5.41, 5.74) is 0.551. The monoisotopic (exact) mass is 283 g/mol. The van der Waals surface area contributed by atoms with E-state index in [1.54, 1.807) is 6.07 Å². The highest BCUT2D eigenvalue weighted by atomic mass is 35.5. The summed E-state index contributed by atoms with van der Waals surface area (Å²) in [6.07, 6.45) is 4.56. The fourth-order valence-corrected chi connectivity index (χ4v) is 1.74. The molecule has 1 fully saturated rings. The van der Waals surface area contributed by atoms with E-state index < -0.39 is 0 Å². The molecule has 0 spiro atoms. The first kappa shape index (κ1) is 15.8. The Morgan fingerprint density at radius 2 is 2.21 bits per heavy atom. The Morgan fingerprint density at radius 3 is 2.74 bits per heavy atom. The molecule has 2 heterocycles. The fraction of sp³-hybridized carbons (Fsp3) is 0.462. The number of rotatable bonds is 4. The third-order valence-corrected chi connectivity index (χ3v) is 2.79. The number of aldehydes is 1. The van der Waals surface area contributed by atoms with Crippen LogP contribution < -0.4 is 0 Å². The number of carbonyl (C=O) groups is 1. The molecular formula is C13H18ClN3O2. The Balaban J connectivity index is 0.000000191. The molecule has 0 amide bonds. The number of aromatic nitrogens is 1. The van der Waals surface area contributed by atoms with Crippen LogP contribution in [0, 0.1) is 5.41 Å². The molecule has 1 aliphatic rings. The van der Waals surface area contributed by atoms with Gasteiger partial charge in [-0.3, -0.25) is 9.69 Å². The number of nitrogens with one attached hydrogen (secondary N) is 1. The van der Waals surface area contributed by atoms with Crippen LogP contribution in [0.4, 0.5) is 0 Å². The summed E-state index contributed by atoms with van der Waals surface area (Å²) in [7, 11) is 0. The molecule has 5 nitrogen and oxygen atoms in total. The summed E-state index contributed by atoms with van der Waals surface area (Å²) in [5.74, 6) is 0. The van der Waals surface area contributed by atoms with E-state index in [4.69, 9.17) is 21.7 Å². The van der Waals surface area contributed by atoms with E-state index >= 15 is 0 Å². The smallest absolute Gasteiger partial charge is 0.150 e. The van der Waals surface area contributed by atoms with E-state index in [0.29, 0.717) is 10.7 Å². The van der Waals surface area contributed by atoms with Crippen molar-refractivity contribution < 1.29 is 9.53 Å². The molecule has 1 saturated heterocycles. The molecule has 19 heavy (non-hydrogen) atoms. The van der Waals surface area contributed by atoms with Crippen LogP contribution in [0.5, 0.6) is 0 Å². The molecule has 104 valence electrons. The molecule has 1 N–H and O–H groups in total. The van der Waals surface area contributed by atoms with Gasteiger partial charge < -0.3 is 10.1 Å². The predicted molar refractivity (Wildman–Crippen MR) is 75.3 cm³/mol. The zero-order valence-corrected chi connectivity index (χ0v) is 11.5. The molecule has 0 saturated carbocycles. The standard InChI is InChI=1S/C7H14N2O.C6H4ClNO/c8-2-1-3-9-4-6-10-7-5-9;7-6-3-5(4-9)1-2-8-6/h2,8H,1,3-7H2;1-4H. The molecule has 1 aliphatic heterocycles. The van der Waals surface area contributed by atoms with Crippen molar-refractivity contribution in [2.24, 2.45) is 0 Å². The minimum Gasteiger partial charge on any atom is -0.379 e. The zero-order valence-electron chi connectivity index (χ0n) is 10.7. The largest absolute Gasteiger partial charge is 0.379 e. The Hall–Kier alpha value is -1.30. The van der Waals surface area contributed by atoms with Gasteiger partial charge in [-0.15, -0.1) is 0 Å². The van der Waals surface area contributed by atoms with Gasteiger partial charge in [-0.1, -0.05) is 11.6 Å². The number of pyridine rings is 1. The van der Waals surface area contributed by atoms with Crippen LogP contribution >= 0.6 is 11.6 Å². The normalized spacial score (nSPS) is 15.2. The summed E-state index contributed by atoms with van der Waals surface area (Å²) in [6, 6.07) is 3.10. The van der Waals surface area contributed by atoms with Gasteiger partial charge in [0.1, 0.15) is 11.4 Å². The number of hydrogen-bond acceptors (Lipinski definition) is 5. The summed E-state index contributed by atoms with van der Waals surface area (Å²) in [5, 5.41) is 7.19. The molecule has 0 bridgehead atoms. The lowest BCUT2D eigenvalue weighted by Gasteiger charge is -2.25. The van der Waals surface area contributed by atoms with Gasteiger partial charge in [0.15, 0.2) is 0 Å². The number of morpholine rings is 1. The van der Waals surface area contributed by atoms with E-state index in [1.165, 1.54) is 18.5 Å². The van der Waals surface area contributed by atoms with Crippen molar-refractivity contribution in [3.05, 3.63) is 29.0 Å². The number of carbonyl (C=O) groups excluding carboxylic acids is 1. The minimum atomic E-state index is 0.347. The average molecular weight is 284 g/mol. The first-order chi connectivity index (χ1) is 9.26. The summed E-state index contributed by atoms with van der Waals surface area (Å²) < 4.78 is 5.18. The Labute approximate surface area is 118 Å². The van der Waals surface area contributed by atoms with E-state index in [1.807, 2.05) is 0 Å². The maximum absolute atomic E-state index is 10.1. The van der Waals surface area contributed by atoms with Gasteiger partial charge in [-0.2, -0.15) is 0 Å². The lowest BCUT2D eigenvalue weighted by molar-refractivity contribution is 0.0393. The third kappa shape index (κ3) is 7.00. The Kier molecular flexibility index (Phi) is 7.97. The van der Waals surface area contributed by atoms with Gasteiger partial charge in [0, 0.05) is 31.4 Å². The fourth-order valence-electron chi connectivity index (χ4n) is 1.56. The van der Waals surface area contributed by atoms with Crippen LogP contribution in [0.3, 0.4) is 0 Å². The quantitative estimate of drug-likeness (QED) is 0.521. The summed E-state index contributed by atoms with van der Waals surface area (Å²) >= 11 is 5.45. The van der Waals surface area contributed by atoms with Crippen LogP contribution in [-0.4, -0.2) is 55.2 Å². The SMILES string of the molecule is N=CCCN1CCOCC1.O=Cc1ccnc(Cl)c1. The highest BCUT2D eigenvalue weighted by Crippen LogP contribution is 2.03. The summed E-state index contributed by atoms with van der Waals surface area (Å²) in [6.45, 7) is 4.81. The molecular weight excluding hydrogens is 266 g/mol. The first-order valence-corrected chi connectivity index (χ1v) is 6.50. The second-order valence-corrected chi connectivity index (χ2v) is 4.36. The summed E-state index contributed by atoms with van der Waals surface area (Å²) in [4.78, 5) is 16.1. The minimum absolute atomic E-state index is 0.347. The van der Waals surface area contributed by atoms with Gasteiger partial charge >= 0.3 is 0 Å². The highest BCUT2D eigenvalue weighted by Gasteiger charge is 2.07. The van der Waals surface area contributed by atoms with Crippen LogP contribution in [0.15, 0.2) is 18.3 Å². The Bertz CT molecular complexity index is 395. The first-order valence-electron chi connectivity index (χ1n) is 6.12. The number of nitrogens with zero attached hydrogens (tertiary/aromatic N) is 2. The van der Waals surface area contributed by atoms with Gasteiger partial charge in [0.25, 0.3) is 0 Å². The molecule has 0 atom stereocenters. The highest BCUT2D eigenvalue weighted by molar-refractivity contribution is 6.29. The van der Waals surface area contributed by atoms with E-state index in [-0.39, 0.29) is 0 Å². The van der Waals surface area contributed by atoms with Gasteiger partial charge in [-0.05, 0) is 24.8 Å². The maximum Gasteiger partial charge on any atom is 0.150 e. The topological polar surface area (TPSA) is 66.3 Å². The molecule has 0 unspecified atom stereocenters. The molecule has 0 aromatic carbocycles. The van der Waals surface area contributed by atoms with Gasteiger partial charge in [-0.25, -0.2) is 4.98 Å². The van der Waals surface area contributed by atoms with E-state index in [0.717, 1.165) is 45.6 Å². The lowest BCUT2D eigenvalue weighted by Crippen LogP contribution is -2.36. The van der Waals surface area contributed by atoms with Crippen molar-refractivity contribution in [1.29, 1.82) is 5.41 Å². The number of ether oxygens (including phenoxy) is 1. The molecule has 0 radical (unpaired) electrons. The average Bonchev–Trinajstić information content (AvgIpc) is 2.47. The van der Waals surface area contributed by atoms with E-state index in [2.05, 4.69) is 9.88 Å². The zero-order chi connectivity index (χ0) is 13.9. The molecule has 1 aromatic rings. The second-order valence-electron chi connectivity index (χ2n) is 3.98. The van der Waals surface area contributed by atoms with Crippen molar-refractivity contribution in [1.82, 2.24) is 9.88 Å². The van der Waals surface area contributed by atoms with Gasteiger partial charge in [0.2, 0.25) is 0 Å². The molecule has 2 rings (SSSR count). The van der Waals surface area contributed by atoms with Crippen molar-refractivity contribution in [2.75, 3.05) is 32.8 Å². The third-order valence-electron chi connectivity index (χ3n) is 2.58. The van der Waals surface area contributed by atoms with Crippen molar-refractivity contribution in [2.45, 2.75) is 6.42 Å².